The van der Waals surface area contributed by atoms with Crippen LogP contribution in [0.2, 0.25) is 0 Å². The summed E-state index contributed by atoms with van der Waals surface area (Å²) in [6.07, 6.45) is 11.1. The van der Waals surface area contributed by atoms with Crippen molar-refractivity contribution in [1.29, 1.82) is 0 Å². The molecule has 1 aliphatic carbocycles. The van der Waals surface area contributed by atoms with Crippen molar-refractivity contribution in [3.8, 4) is 11.1 Å². The summed E-state index contributed by atoms with van der Waals surface area (Å²) in [4.78, 5) is 0. The smallest absolute Gasteiger partial charge is 0.00757 e. The molecule has 1 saturated carbocycles. The third-order valence-corrected chi connectivity index (χ3v) is 9.12. The fourth-order valence-electron chi connectivity index (χ4n) is 6.08. The van der Waals surface area contributed by atoms with Gasteiger partial charge in [-0.1, -0.05) is 74.4 Å². The van der Waals surface area contributed by atoms with Gasteiger partial charge >= 0.3 is 0 Å². The lowest BCUT2D eigenvalue weighted by Gasteiger charge is -2.29. The van der Waals surface area contributed by atoms with Gasteiger partial charge in [-0.2, -0.15) is 0 Å². The monoisotopic (exact) mass is 480 g/mol. The van der Waals surface area contributed by atoms with Gasteiger partial charge in [0.2, 0.25) is 0 Å². The van der Waals surface area contributed by atoms with Crippen molar-refractivity contribution in [3.63, 3.8) is 0 Å². The Balaban J connectivity index is 2.04. The SMILES string of the molecule is C=C(c1cc(C)c(P)c(C)c1C)c1c(/C=C\C)cc(C2CCCCC2)c(-c2ccccc2C)c1C. The molecule has 0 aliphatic heterocycles. The largest absolute Gasteiger partial charge is 0.105 e. The molecule has 1 unspecified atom stereocenters. The molecule has 35 heavy (non-hydrogen) atoms. The molecule has 0 aromatic heterocycles. The topological polar surface area (TPSA) is 0 Å². The Hall–Kier alpha value is -2.43. The number of allylic oxidation sites excluding steroid dienone is 1. The zero-order valence-corrected chi connectivity index (χ0v) is 23.7. The molecule has 4 rings (SSSR count). The average Bonchev–Trinajstić information content (AvgIpc) is 2.86. The summed E-state index contributed by atoms with van der Waals surface area (Å²) in [7, 11) is 2.92. The lowest BCUT2D eigenvalue weighted by Crippen LogP contribution is -2.11. The van der Waals surface area contributed by atoms with Crippen LogP contribution in [0.4, 0.5) is 0 Å². The van der Waals surface area contributed by atoms with Crippen LogP contribution >= 0.6 is 9.24 Å². The van der Waals surface area contributed by atoms with Gasteiger partial charge in [-0.15, -0.1) is 9.24 Å². The molecule has 0 amide bonds. The molecule has 182 valence electrons. The number of rotatable bonds is 5. The molecular weight excluding hydrogens is 439 g/mol. The zero-order chi connectivity index (χ0) is 25.3. The second-order valence-electron chi connectivity index (χ2n) is 10.5. The fourth-order valence-corrected chi connectivity index (χ4v) is 6.38. The van der Waals surface area contributed by atoms with Gasteiger partial charge in [-0.05, 0) is 132 Å². The molecule has 1 heteroatoms. The van der Waals surface area contributed by atoms with E-state index in [0.29, 0.717) is 5.92 Å². The average molecular weight is 481 g/mol. The van der Waals surface area contributed by atoms with Crippen molar-refractivity contribution in [2.24, 2.45) is 0 Å². The van der Waals surface area contributed by atoms with Gasteiger partial charge in [0.25, 0.3) is 0 Å². The second kappa shape index (κ2) is 10.7. The van der Waals surface area contributed by atoms with Crippen molar-refractivity contribution in [2.75, 3.05) is 0 Å². The molecule has 0 saturated heterocycles. The van der Waals surface area contributed by atoms with Gasteiger partial charge in [-0.25, -0.2) is 0 Å². The predicted octanol–water partition coefficient (Wildman–Crippen LogP) is 9.54. The Morgan fingerprint density at radius 2 is 1.57 bits per heavy atom. The third-order valence-electron chi connectivity index (χ3n) is 8.23. The first kappa shape index (κ1) is 25.7. The van der Waals surface area contributed by atoms with Crippen LogP contribution in [0, 0.1) is 34.6 Å². The van der Waals surface area contributed by atoms with Crippen molar-refractivity contribution in [3.05, 3.63) is 99.1 Å². The van der Waals surface area contributed by atoms with Crippen LogP contribution in [0.15, 0.2) is 49.1 Å². The van der Waals surface area contributed by atoms with E-state index in [1.165, 1.54) is 98.6 Å². The zero-order valence-electron chi connectivity index (χ0n) is 22.5. The van der Waals surface area contributed by atoms with Crippen LogP contribution in [0.25, 0.3) is 22.8 Å². The fraction of sp³-hybridized carbons (Fsp3) is 0.353. The van der Waals surface area contributed by atoms with Crippen molar-refractivity contribution in [2.45, 2.75) is 79.6 Å². The standard InChI is InChI=1S/C34H41P/c1-8-14-28-20-31(27-16-10-9-11-17-27)33(29-18-13-12-15-21(29)2)26(7)32(28)25(6)30-19-22(3)34(35)24(5)23(30)4/h8,12-15,18-20,27H,6,9-11,16-17,35H2,1-5,7H3/b14-8-. The lowest BCUT2D eigenvalue weighted by atomic mass is 9.75. The second-order valence-corrected chi connectivity index (χ2v) is 11.0. The summed E-state index contributed by atoms with van der Waals surface area (Å²) in [5.41, 5.74) is 16.0. The van der Waals surface area contributed by atoms with Crippen molar-refractivity contribution >= 4 is 26.2 Å². The molecule has 3 aromatic rings. The maximum atomic E-state index is 4.73. The Kier molecular flexibility index (Phi) is 7.83. The minimum Gasteiger partial charge on any atom is -0.105 e. The molecule has 1 aliphatic rings. The van der Waals surface area contributed by atoms with Crippen LogP contribution in [0.1, 0.15) is 95.0 Å². The van der Waals surface area contributed by atoms with E-state index >= 15 is 0 Å². The molecule has 0 radical (unpaired) electrons. The van der Waals surface area contributed by atoms with Gasteiger partial charge in [0.1, 0.15) is 0 Å². The Morgan fingerprint density at radius 1 is 0.886 bits per heavy atom. The number of hydrogen-bond donors (Lipinski definition) is 0. The minimum atomic E-state index is 0.631. The van der Waals surface area contributed by atoms with E-state index in [-0.39, 0.29) is 0 Å². The van der Waals surface area contributed by atoms with Crippen LogP contribution in [-0.2, 0) is 0 Å². The third kappa shape index (κ3) is 4.83. The molecule has 0 spiro atoms. The summed E-state index contributed by atoms with van der Waals surface area (Å²) in [5, 5.41) is 1.30. The first-order chi connectivity index (χ1) is 16.8. The van der Waals surface area contributed by atoms with E-state index in [0.717, 1.165) is 5.57 Å². The molecule has 1 atom stereocenters. The summed E-state index contributed by atoms with van der Waals surface area (Å²) in [5.74, 6) is 0.631. The maximum absolute atomic E-state index is 4.73. The van der Waals surface area contributed by atoms with Crippen molar-refractivity contribution < 1.29 is 0 Å². The molecule has 0 heterocycles. The van der Waals surface area contributed by atoms with Crippen LogP contribution in [0.5, 0.6) is 0 Å². The van der Waals surface area contributed by atoms with Gasteiger partial charge in [0.15, 0.2) is 0 Å². The van der Waals surface area contributed by atoms with E-state index in [4.69, 9.17) is 6.58 Å². The minimum absolute atomic E-state index is 0.631. The first-order valence-electron chi connectivity index (χ1n) is 13.2. The van der Waals surface area contributed by atoms with E-state index in [9.17, 15) is 0 Å². The predicted molar refractivity (Wildman–Crippen MR) is 160 cm³/mol. The Morgan fingerprint density at radius 3 is 2.23 bits per heavy atom. The summed E-state index contributed by atoms with van der Waals surface area (Å²) >= 11 is 0. The number of benzene rings is 3. The molecular formula is C34H41P. The maximum Gasteiger partial charge on any atom is -0.00757 e. The summed E-state index contributed by atoms with van der Waals surface area (Å²) in [6.45, 7) is 18.1. The lowest BCUT2D eigenvalue weighted by molar-refractivity contribution is 0.444. The van der Waals surface area contributed by atoms with Gasteiger partial charge < -0.3 is 0 Å². The van der Waals surface area contributed by atoms with Crippen LogP contribution < -0.4 is 5.30 Å². The van der Waals surface area contributed by atoms with Crippen LogP contribution in [0.3, 0.4) is 0 Å². The Bertz CT molecular complexity index is 1300. The summed E-state index contributed by atoms with van der Waals surface area (Å²) < 4.78 is 0. The van der Waals surface area contributed by atoms with Gasteiger partial charge in [-0.3, -0.25) is 0 Å². The molecule has 0 N–H and O–H groups in total. The molecule has 0 bridgehead atoms. The van der Waals surface area contributed by atoms with E-state index in [1.54, 1.807) is 0 Å². The highest BCUT2D eigenvalue weighted by Crippen LogP contribution is 2.45. The highest BCUT2D eigenvalue weighted by atomic mass is 31.0. The Labute approximate surface area is 215 Å². The van der Waals surface area contributed by atoms with E-state index in [2.05, 4.69) is 99.3 Å². The normalized spacial score (nSPS) is 14.6. The molecule has 0 nitrogen and oxygen atoms in total. The quantitative estimate of drug-likeness (QED) is 0.319. The van der Waals surface area contributed by atoms with E-state index < -0.39 is 0 Å². The van der Waals surface area contributed by atoms with Crippen LogP contribution in [-0.4, -0.2) is 0 Å². The van der Waals surface area contributed by atoms with Crippen molar-refractivity contribution in [1.82, 2.24) is 0 Å². The first-order valence-corrected chi connectivity index (χ1v) is 13.8. The number of hydrogen-bond acceptors (Lipinski definition) is 0. The number of aryl methyl sites for hydroxylation is 2. The van der Waals surface area contributed by atoms with E-state index in [1.807, 2.05) is 0 Å². The summed E-state index contributed by atoms with van der Waals surface area (Å²) in [6, 6.07) is 13.7. The van der Waals surface area contributed by atoms with Gasteiger partial charge in [0, 0.05) is 0 Å². The highest BCUT2D eigenvalue weighted by Gasteiger charge is 2.25. The molecule has 1 fully saturated rings. The highest BCUT2D eigenvalue weighted by molar-refractivity contribution is 7.27. The molecule has 3 aromatic carbocycles. The van der Waals surface area contributed by atoms with Gasteiger partial charge in [0.05, 0.1) is 0 Å².